The number of rotatable bonds is 8. The van der Waals surface area contributed by atoms with Crippen LogP contribution in [0, 0.1) is 0 Å². The number of nitrogens with zero attached hydrogens (tertiary/aromatic N) is 1. The predicted molar refractivity (Wildman–Crippen MR) is 316 cm³/mol. The van der Waals surface area contributed by atoms with Crippen LogP contribution in [-0.4, -0.2) is 5.11 Å². The second kappa shape index (κ2) is 17.5. The number of aliphatic hydroxyl groups is 1. The highest BCUT2D eigenvalue weighted by molar-refractivity contribution is 7.20. The molecule has 0 radical (unpaired) electrons. The van der Waals surface area contributed by atoms with Crippen molar-refractivity contribution in [2.75, 3.05) is 4.90 Å². The average molecular weight is 986 g/mol. The first-order valence-electron chi connectivity index (χ1n) is 26.3. The lowest BCUT2D eigenvalue weighted by Crippen LogP contribution is -2.28. The Balaban J connectivity index is 0.995. The van der Waals surface area contributed by atoms with Gasteiger partial charge in [0.25, 0.3) is 0 Å². The number of hydrogen-bond donors (Lipinski definition) is 1. The molecule has 0 saturated carbocycles. The first-order valence-corrected chi connectivity index (χ1v) is 27.1. The molecule has 13 rings (SSSR count). The standard InChI is InChI=1S/C72H59NOS/c1-69(2,3)52-34-41-58-59-42-35-53(70(4,5)6)45-65(59)72(74,64(58)44-52)68-67(60-27-17-19-29-66(60)75-68)49-32-38-55(39-33-49)73(54-36-30-48(31-37-54)47-20-10-7-11-21-47)56-40-43-63-61(46-56)57-26-16-18-28-62(57)71(63,50-22-12-8-13-23-50)51-24-14-9-15-25-51/h7-46,74H,1-6H3. The Morgan fingerprint density at radius 1 is 0.373 bits per heavy atom. The van der Waals surface area contributed by atoms with Crippen molar-refractivity contribution in [1.82, 2.24) is 0 Å². The van der Waals surface area contributed by atoms with E-state index in [1.54, 1.807) is 11.3 Å². The number of anilines is 3. The van der Waals surface area contributed by atoms with Crippen LogP contribution >= 0.6 is 11.3 Å². The van der Waals surface area contributed by atoms with Gasteiger partial charge in [0.15, 0.2) is 5.60 Å². The fourth-order valence-electron chi connectivity index (χ4n) is 12.3. The van der Waals surface area contributed by atoms with Gasteiger partial charge in [-0.05, 0) is 126 Å². The van der Waals surface area contributed by atoms with Gasteiger partial charge in [-0.1, -0.05) is 242 Å². The van der Waals surface area contributed by atoms with E-state index in [9.17, 15) is 5.11 Å². The molecular formula is C72H59NOS. The molecule has 0 atom stereocenters. The van der Waals surface area contributed by atoms with E-state index in [4.69, 9.17) is 0 Å². The van der Waals surface area contributed by atoms with Crippen LogP contribution in [0.25, 0.3) is 54.6 Å². The third-order valence-electron chi connectivity index (χ3n) is 16.1. The Kier molecular flexibility index (Phi) is 10.9. The summed E-state index contributed by atoms with van der Waals surface area (Å²) < 4.78 is 1.15. The summed E-state index contributed by atoms with van der Waals surface area (Å²) in [5.74, 6) is 0. The normalized spacial score (nSPS) is 14.0. The quantitative estimate of drug-likeness (QED) is 0.164. The zero-order valence-corrected chi connectivity index (χ0v) is 44.2. The van der Waals surface area contributed by atoms with E-state index in [0.717, 1.165) is 65.4 Å². The summed E-state index contributed by atoms with van der Waals surface area (Å²) in [5, 5.41) is 15.2. The Hall–Kier alpha value is -8.08. The van der Waals surface area contributed by atoms with E-state index in [0.29, 0.717) is 0 Å². The van der Waals surface area contributed by atoms with E-state index in [1.807, 2.05) is 0 Å². The van der Waals surface area contributed by atoms with Gasteiger partial charge >= 0.3 is 0 Å². The molecule has 0 spiro atoms. The molecule has 2 aliphatic carbocycles. The van der Waals surface area contributed by atoms with E-state index in [-0.39, 0.29) is 10.8 Å². The van der Waals surface area contributed by atoms with Crippen LogP contribution < -0.4 is 4.90 Å². The number of benzene rings is 10. The first-order chi connectivity index (χ1) is 36.3. The van der Waals surface area contributed by atoms with E-state index >= 15 is 0 Å². The highest BCUT2D eigenvalue weighted by atomic mass is 32.1. The minimum atomic E-state index is -1.40. The molecule has 1 N–H and O–H groups in total. The minimum absolute atomic E-state index is 0.108. The molecule has 0 saturated heterocycles. The molecule has 1 aromatic heterocycles. The van der Waals surface area contributed by atoms with Crippen LogP contribution in [0.2, 0.25) is 0 Å². The molecule has 0 bridgehead atoms. The number of hydrogen-bond acceptors (Lipinski definition) is 3. The smallest absolute Gasteiger partial charge is 0.151 e. The van der Waals surface area contributed by atoms with Crippen LogP contribution in [0.1, 0.15) is 90.9 Å². The Labute approximate surface area is 445 Å². The van der Waals surface area contributed by atoms with Crippen molar-refractivity contribution in [1.29, 1.82) is 0 Å². The molecule has 3 heteroatoms. The molecule has 0 fully saturated rings. The molecule has 0 amide bonds. The van der Waals surface area contributed by atoms with E-state index in [1.165, 1.54) is 55.6 Å². The number of thiophene rings is 1. The summed E-state index contributed by atoms with van der Waals surface area (Å²) in [6.45, 7) is 13.5. The van der Waals surface area contributed by atoms with Gasteiger partial charge in [-0.25, -0.2) is 0 Å². The molecule has 2 nitrogen and oxygen atoms in total. The van der Waals surface area contributed by atoms with Crippen LogP contribution in [0.3, 0.4) is 0 Å². The average Bonchev–Trinajstić information content (AvgIpc) is 4.24. The van der Waals surface area contributed by atoms with Crippen molar-refractivity contribution < 1.29 is 5.11 Å². The fourth-order valence-corrected chi connectivity index (χ4v) is 13.6. The lowest BCUT2D eigenvalue weighted by Gasteiger charge is -2.34. The zero-order chi connectivity index (χ0) is 51.3. The molecular weight excluding hydrogens is 927 g/mol. The van der Waals surface area contributed by atoms with Crippen LogP contribution in [0.5, 0.6) is 0 Å². The van der Waals surface area contributed by atoms with Crippen LogP contribution in [0.15, 0.2) is 243 Å². The molecule has 75 heavy (non-hydrogen) atoms. The second-order valence-corrected chi connectivity index (χ2v) is 23.6. The molecule has 0 unspecified atom stereocenters. The van der Waals surface area contributed by atoms with E-state index < -0.39 is 11.0 Å². The predicted octanol–water partition coefficient (Wildman–Crippen LogP) is 18.9. The maximum absolute atomic E-state index is 14.1. The molecule has 364 valence electrons. The Morgan fingerprint density at radius 3 is 1.40 bits per heavy atom. The minimum Gasteiger partial charge on any atom is -0.375 e. The fraction of sp³-hybridized carbons (Fsp3) is 0.139. The summed E-state index contributed by atoms with van der Waals surface area (Å²) >= 11 is 1.71. The van der Waals surface area contributed by atoms with E-state index in [2.05, 4.69) is 289 Å². The van der Waals surface area contributed by atoms with Crippen LogP contribution in [-0.2, 0) is 21.8 Å². The SMILES string of the molecule is CC(C)(C)c1ccc2c(c1)C(O)(c1sc3ccccc3c1-c1ccc(N(c3ccc(-c4ccccc4)cc3)c3ccc4c(c3)-c3ccccc3C4(c3ccccc3)c3ccccc3)cc1)c1cc(C(C)(C)C)ccc1-2. The van der Waals surface area contributed by atoms with Gasteiger partial charge in [0.05, 0.1) is 10.3 Å². The van der Waals surface area contributed by atoms with Gasteiger partial charge in [0.1, 0.15) is 0 Å². The third-order valence-corrected chi connectivity index (χ3v) is 17.4. The lowest BCUT2D eigenvalue weighted by molar-refractivity contribution is 0.135. The monoisotopic (exact) mass is 985 g/mol. The summed E-state index contributed by atoms with van der Waals surface area (Å²) in [6, 6.07) is 89.0. The highest BCUT2D eigenvalue weighted by Crippen LogP contribution is 2.59. The van der Waals surface area contributed by atoms with Gasteiger partial charge < -0.3 is 10.0 Å². The molecule has 1 heterocycles. The Morgan fingerprint density at radius 2 is 0.827 bits per heavy atom. The molecule has 2 aliphatic rings. The topological polar surface area (TPSA) is 23.5 Å². The maximum atomic E-state index is 14.1. The van der Waals surface area contributed by atoms with Gasteiger partial charge in [0.2, 0.25) is 0 Å². The van der Waals surface area contributed by atoms with Gasteiger partial charge in [-0.3, -0.25) is 0 Å². The van der Waals surface area contributed by atoms with Crippen LogP contribution in [0.4, 0.5) is 17.1 Å². The second-order valence-electron chi connectivity index (χ2n) is 22.6. The van der Waals surface area contributed by atoms with Gasteiger partial charge in [-0.15, -0.1) is 11.3 Å². The first kappa shape index (κ1) is 46.7. The van der Waals surface area contributed by atoms with Gasteiger partial charge in [-0.2, -0.15) is 0 Å². The van der Waals surface area contributed by atoms with Crippen molar-refractivity contribution in [3.05, 3.63) is 292 Å². The zero-order valence-electron chi connectivity index (χ0n) is 43.4. The van der Waals surface area contributed by atoms with Crippen molar-refractivity contribution >= 4 is 38.5 Å². The lowest BCUT2D eigenvalue weighted by atomic mass is 9.68. The summed E-state index contributed by atoms with van der Waals surface area (Å²) in [6.07, 6.45) is 0. The van der Waals surface area contributed by atoms with Crippen molar-refractivity contribution in [2.24, 2.45) is 0 Å². The van der Waals surface area contributed by atoms with Crippen molar-refractivity contribution in [2.45, 2.75) is 63.4 Å². The summed E-state index contributed by atoms with van der Waals surface area (Å²) in [5.41, 5.74) is 19.6. The highest BCUT2D eigenvalue weighted by Gasteiger charge is 2.48. The van der Waals surface area contributed by atoms with Crippen molar-refractivity contribution in [3.8, 4) is 44.5 Å². The van der Waals surface area contributed by atoms with Crippen molar-refractivity contribution in [3.63, 3.8) is 0 Å². The molecule has 0 aliphatic heterocycles. The number of fused-ring (bicyclic) bond motifs is 7. The Bertz CT molecular complexity index is 3850. The molecule has 10 aromatic carbocycles. The van der Waals surface area contributed by atoms with Gasteiger partial charge in [0, 0.05) is 43.8 Å². The summed E-state index contributed by atoms with van der Waals surface area (Å²) in [4.78, 5) is 3.34. The largest absolute Gasteiger partial charge is 0.375 e. The summed E-state index contributed by atoms with van der Waals surface area (Å²) in [7, 11) is 0. The maximum Gasteiger partial charge on any atom is 0.151 e. The third kappa shape index (κ3) is 7.39. The molecule has 11 aromatic rings.